The third-order valence-electron chi connectivity index (χ3n) is 5.03. The van der Waals surface area contributed by atoms with Crippen molar-refractivity contribution in [3.05, 3.63) is 52.9 Å². The van der Waals surface area contributed by atoms with Crippen LogP contribution in [0, 0.1) is 6.92 Å². The third-order valence-corrected chi connectivity index (χ3v) is 5.43. The zero-order chi connectivity index (χ0) is 20.5. The van der Waals surface area contributed by atoms with E-state index in [2.05, 4.69) is 10.1 Å². The lowest BCUT2D eigenvalue weighted by molar-refractivity contribution is -0.117. The van der Waals surface area contributed by atoms with Gasteiger partial charge in [0.1, 0.15) is 0 Å². The highest BCUT2D eigenvalue weighted by molar-refractivity contribution is 6.31. The van der Waals surface area contributed by atoms with E-state index >= 15 is 0 Å². The molecule has 0 saturated carbocycles. The molecule has 3 aromatic rings. The fourth-order valence-electron chi connectivity index (χ4n) is 3.45. The number of amides is 1. The molecule has 4 rings (SSSR count). The molecule has 7 nitrogen and oxygen atoms in total. The Hall–Kier alpha value is -3.06. The van der Waals surface area contributed by atoms with E-state index in [1.807, 2.05) is 31.2 Å². The van der Waals surface area contributed by atoms with E-state index in [1.165, 1.54) is 0 Å². The normalized spacial score (nSPS) is 16.3. The Kier molecular flexibility index (Phi) is 5.15. The van der Waals surface area contributed by atoms with Crippen LogP contribution in [0.3, 0.4) is 0 Å². The summed E-state index contributed by atoms with van der Waals surface area (Å²) in [4.78, 5) is 18.8. The van der Waals surface area contributed by atoms with Crippen LogP contribution in [0.4, 0.5) is 5.69 Å². The van der Waals surface area contributed by atoms with Crippen molar-refractivity contribution in [2.75, 3.05) is 25.7 Å². The van der Waals surface area contributed by atoms with Crippen molar-refractivity contribution in [2.24, 2.45) is 0 Å². The molecule has 0 radical (unpaired) electrons. The maximum Gasteiger partial charge on any atom is 0.232 e. The zero-order valence-electron chi connectivity index (χ0n) is 16.3. The maximum atomic E-state index is 12.6. The van der Waals surface area contributed by atoms with Crippen LogP contribution in [-0.4, -0.2) is 36.8 Å². The second-order valence-corrected chi connectivity index (χ2v) is 7.24. The number of nitrogens with zero attached hydrogens (tertiary/aromatic N) is 3. The first kappa shape index (κ1) is 19.3. The molecule has 0 bridgehead atoms. The molecule has 150 valence electrons. The van der Waals surface area contributed by atoms with Crippen molar-refractivity contribution < 1.29 is 18.8 Å². The van der Waals surface area contributed by atoms with Gasteiger partial charge in [0.2, 0.25) is 17.6 Å². The first-order valence-electron chi connectivity index (χ1n) is 9.13. The Labute approximate surface area is 173 Å². The van der Waals surface area contributed by atoms with E-state index in [1.54, 1.807) is 31.3 Å². The van der Waals surface area contributed by atoms with Crippen molar-refractivity contribution in [1.29, 1.82) is 0 Å². The summed E-state index contributed by atoms with van der Waals surface area (Å²) in [7, 11) is 3.13. The quantitative estimate of drug-likeness (QED) is 0.622. The van der Waals surface area contributed by atoms with E-state index in [0.29, 0.717) is 46.8 Å². The summed E-state index contributed by atoms with van der Waals surface area (Å²) in [5.74, 6) is 1.71. The largest absolute Gasteiger partial charge is 0.493 e. The number of aromatic nitrogens is 2. The van der Waals surface area contributed by atoms with Crippen LogP contribution in [0.2, 0.25) is 5.02 Å². The summed E-state index contributed by atoms with van der Waals surface area (Å²) in [6, 6.07) is 11.0. The summed E-state index contributed by atoms with van der Waals surface area (Å²) in [5, 5.41) is 4.72. The number of anilines is 1. The molecule has 2 heterocycles. The van der Waals surface area contributed by atoms with E-state index in [4.69, 9.17) is 25.6 Å². The molecule has 1 fully saturated rings. The number of halogens is 1. The maximum absolute atomic E-state index is 12.6. The number of hydrogen-bond acceptors (Lipinski definition) is 6. The van der Waals surface area contributed by atoms with Crippen LogP contribution in [0.15, 0.2) is 40.9 Å². The minimum absolute atomic E-state index is 0.00590. The van der Waals surface area contributed by atoms with Gasteiger partial charge in [-0.3, -0.25) is 4.79 Å². The molecule has 1 unspecified atom stereocenters. The summed E-state index contributed by atoms with van der Waals surface area (Å²) in [6.45, 7) is 2.38. The van der Waals surface area contributed by atoms with Gasteiger partial charge in [-0.15, -0.1) is 0 Å². The van der Waals surface area contributed by atoms with Crippen LogP contribution < -0.4 is 14.4 Å². The second-order valence-electron chi connectivity index (χ2n) is 6.84. The smallest absolute Gasteiger partial charge is 0.232 e. The minimum atomic E-state index is -0.194. The van der Waals surface area contributed by atoms with Gasteiger partial charge in [0.05, 0.1) is 25.7 Å². The number of methoxy groups -OCH3 is 2. The summed E-state index contributed by atoms with van der Waals surface area (Å²) < 4.78 is 16.3. The number of para-hydroxylation sites is 1. The van der Waals surface area contributed by atoms with E-state index < -0.39 is 0 Å². The molecule has 1 saturated heterocycles. The molecule has 1 atom stereocenters. The molecule has 1 aliphatic rings. The molecule has 1 aliphatic heterocycles. The molecule has 0 aliphatic carbocycles. The monoisotopic (exact) mass is 413 g/mol. The van der Waals surface area contributed by atoms with Crippen LogP contribution in [0.1, 0.15) is 23.8 Å². The van der Waals surface area contributed by atoms with Crippen LogP contribution >= 0.6 is 11.6 Å². The summed E-state index contributed by atoms with van der Waals surface area (Å²) in [5.41, 5.74) is 2.39. The van der Waals surface area contributed by atoms with Crippen LogP contribution in [0.25, 0.3) is 11.4 Å². The number of carbonyl (C=O) groups is 1. The van der Waals surface area contributed by atoms with Crippen molar-refractivity contribution in [1.82, 2.24) is 10.1 Å². The van der Waals surface area contributed by atoms with E-state index in [-0.39, 0.29) is 11.8 Å². The zero-order valence-corrected chi connectivity index (χ0v) is 17.1. The topological polar surface area (TPSA) is 77.7 Å². The molecular formula is C21H20ClN3O4. The van der Waals surface area contributed by atoms with Gasteiger partial charge in [0, 0.05) is 23.7 Å². The summed E-state index contributed by atoms with van der Waals surface area (Å²) >= 11 is 6.22. The van der Waals surface area contributed by atoms with Gasteiger partial charge in [0.25, 0.3) is 0 Å². The predicted molar refractivity (Wildman–Crippen MR) is 109 cm³/mol. The Bertz CT molecular complexity index is 1070. The molecule has 2 aromatic carbocycles. The Morgan fingerprint density at radius 3 is 2.76 bits per heavy atom. The lowest BCUT2D eigenvalue weighted by Crippen LogP contribution is -2.24. The number of carbonyl (C=O) groups excluding carboxylic acids is 1. The van der Waals surface area contributed by atoms with Crippen molar-refractivity contribution >= 4 is 23.2 Å². The first-order chi connectivity index (χ1) is 14.0. The minimum Gasteiger partial charge on any atom is -0.493 e. The van der Waals surface area contributed by atoms with Gasteiger partial charge in [-0.1, -0.05) is 28.9 Å². The van der Waals surface area contributed by atoms with Gasteiger partial charge in [0.15, 0.2) is 11.5 Å². The fraction of sp³-hybridized carbons (Fsp3) is 0.286. The van der Waals surface area contributed by atoms with E-state index in [9.17, 15) is 4.79 Å². The first-order valence-corrected chi connectivity index (χ1v) is 9.51. The Morgan fingerprint density at radius 1 is 1.21 bits per heavy atom. The van der Waals surface area contributed by atoms with Gasteiger partial charge in [-0.2, -0.15) is 4.98 Å². The van der Waals surface area contributed by atoms with Crippen molar-refractivity contribution in [3.8, 4) is 22.9 Å². The third kappa shape index (κ3) is 3.53. The average Bonchev–Trinajstić information content (AvgIpc) is 3.36. The molecule has 0 spiro atoms. The molecule has 0 N–H and O–H groups in total. The highest BCUT2D eigenvalue weighted by atomic mass is 35.5. The van der Waals surface area contributed by atoms with Gasteiger partial charge in [-0.25, -0.2) is 0 Å². The molecular weight excluding hydrogens is 394 g/mol. The molecule has 8 heteroatoms. The van der Waals surface area contributed by atoms with Crippen LogP contribution in [0.5, 0.6) is 11.5 Å². The number of aryl methyl sites for hydroxylation is 1. The highest BCUT2D eigenvalue weighted by Crippen LogP contribution is 2.38. The van der Waals surface area contributed by atoms with E-state index in [0.717, 1.165) is 11.3 Å². The lowest BCUT2D eigenvalue weighted by atomic mass is 10.1. The fourth-order valence-corrected chi connectivity index (χ4v) is 3.62. The highest BCUT2D eigenvalue weighted by Gasteiger charge is 2.35. The van der Waals surface area contributed by atoms with Crippen LogP contribution in [-0.2, 0) is 4.79 Å². The van der Waals surface area contributed by atoms with Gasteiger partial charge >= 0.3 is 0 Å². The lowest BCUT2D eigenvalue weighted by Gasteiger charge is -2.17. The van der Waals surface area contributed by atoms with Crippen molar-refractivity contribution in [3.63, 3.8) is 0 Å². The molecule has 1 aromatic heterocycles. The number of ether oxygens (including phenoxy) is 2. The number of rotatable bonds is 5. The summed E-state index contributed by atoms with van der Waals surface area (Å²) in [6.07, 6.45) is 0.294. The standard InChI is InChI=1S/C21H20ClN3O4/c1-12-7-8-14(10-16(12)22)25-11-13(9-18(25)26)21-23-20(24-29-21)15-5-4-6-17(27-2)19(15)28-3/h4-8,10,13H,9,11H2,1-3H3. The molecule has 29 heavy (non-hydrogen) atoms. The van der Waals surface area contributed by atoms with Gasteiger partial charge < -0.3 is 18.9 Å². The SMILES string of the molecule is COc1cccc(-c2noc(C3CC(=O)N(c4ccc(C)c(Cl)c4)C3)n2)c1OC. The number of hydrogen-bond donors (Lipinski definition) is 0. The predicted octanol–water partition coefficient (Wildman–Crippen LogP) is 4.24. The second kappa shape index (κ2) is 7.75. The van der Waals surface area contributed by atoms with Crippen molar-refractivity contribution in [2.45, 2.75) is 19.3 Å². The number of benzene rings is 2. The Balaban J connectivity index is 1.59. The molecule has 1 amide bonds. The average molecular weight is 414 g/mol. The Morgan fingerprint density at radius 2 is 2.03 bits per heavy atom. The van der Waals surface area contributed by atoms with Gasteiger partial charge in [-0.05, 0) is 36.8 Å².